The summed E-state index contributed by atoms with van der Waals surface area (Å²) in [6.45, 7) is 5.57. The Kier molecular flexibility index (Phi) is 7.39. The Morgan fingerprint density at radius 2 is 2.12 bits per heavy atom. The molecule has 0 aliphatic rings. The molecular weight excluding hydrogens is 354 g/mol. The molecule has 0 unspecified atom stereocenters. The van der Waals surface area contributed by atoms with E-state index in [9.17, 15) is 4.79 Å². The normalized spacial score (nSPS) is 11.4. The number of likely N-dealkylation sites (N-methyl/N-ethyl adjacent to an activating group) is 1. The van der Waals surface area contributed by atoms with Gasteiger partial charge >= 0.3 is 0 Å². The molecule has 0 atom stereocenters. The molecule has 0 saturated carbocycles. The van der Waals surface area contributed by atoms with E-state index in [-0.39, 0.29) is 12.5 Å². The summed E-state index contributed by atoms with van der Waals surface area (Å²) in [6.07, 6.45) is 0.926. The van der Waals surface area contributed by atoms with E-state index in [0.29, 0.717) is 12.5 Å². The molecule has 0 radical (unpaired) electrons. The van der Waals surface area contributed by atoms with Crippen molar-refractivity contribution in [2.45, 2.75) is 26.8 Å². The minimum Gasteiger partial charge on any atom is -0.356 e. The monoisotopic (exact) mass is 379 g/mol. The Morgan fingerprint density at radius 3 is 2.72 bits per heavy atom. The van der Waals surface area contributed by atoms with Crippen molar-refractivity contribution in [2.75, 3.05) is 27.2 Å². The van der Waals surface area contributed by atoms with Gasteiger partial charge in [0.1, 0.15) is 11.6 Å². The highest BCUT2D eigenvalue weighted by atomic mass is 32.1. The fraction of sp³-hybridized carbons (Fsp3) is 0.471. The van der Waals surface area contributed by atoms with Gasteiger partial charge < -0.3 is 15.5 Å². The summed E-state index contributed by atoms with van der Waals surface area (Å²) in [5.41, 5.74) is 1.06. The Morgan fingerprint density at radius 1 is 1.32 bits per heavy atom. The molecule has 2 N–H and O–H groups in total. The highest BCUT2D eigenvalue weighted by Crippen LogP contribution is 2.15. The predicted molar refractivity (Wildman–Crippen MR) is 105 cm³/mol. The van der Waals surface area contributed by atoms with E-state index in [1.165, 1.54) is 9.75 Å². The number of carbonyl (C=O) groups excluding carboxylic acids is 1. The van der Waals surface area contributed by atoms with Crippen LogP contribution in [0.3, 0.4) is 0 Å². The van der Waals surface area contributed by atoms with Gasteiger partial charge in [-0.15, -0.1) is 22.7 Å². The number of thiophene rings is 1. The maximum atomic E-state index is 11.8. The van der Waals surface area contributed by atoms with Gasteiger partial charge in [-0.1, -0.05) is 6.07 Å². The lowest BCUT2D eigenvalue weighted by Gasteiger charge is -2.13. The van der Waals surface area contributed by atoms with Crippen molar-refractivity contribution in [1.82, 2.24) is 20.5 Å². The van der Waals surface area contributed by atoms with E-state index in [0.717, 1.165) is 23.7 Å². The molecular formula is C17H25N5OS2. The molecule has 2 heterocycles. The van der Waals surface area contributed by atoms with Crippen LogP contribution in [0, 0.1) is 13.8 Å². The quantitative estimate of drug-likeness (QED) is 0.571. The third-order valence-corrected chi connectivity index (χ3v) is 5.60. The summed E-state index contributed by atoms with van der Waals surface area (Å²) in [5.74, 6) is 0.609. The fourth-order valence-corrected chi connectivity index (χ4v) is 3.58. The molecule has 0 fully saturated rings. The van der Waals surface area contributed by atoms with Crippen LogP contribution >= 0.6 is 22.7 Å². The molecule has 2 rings (SSSR count). The lowest BCUT2D eigenvalue weighted by molar-refractivity contribution is -0.127. The molecule has 0 aliphatic carbocycles. The standard InChI is InChI=1S/C17H25N5OS2/c1-12-13(2)25-15(21-12)10-19-17(20-11-16(23)22(3)4)18-8-7-14-6-5-9-24-14/h5-6,9H,7-8,10-11H2,1-4H3,(H2,18,19,20). The largest absolute Gasteiger partial charge is 0.356 e. The van der Waals surface area contributed by atoms with E-state index < -0.39 is 0 Å². The first-order valence-corrected chi connectivity index (χ1v) is 9.83. The highest BCUT2D eigenvalue weighted by molar-refractivity contribution is 7.11. The van der Waals surface area contributed by atoms with Crippen molar-refractivity contribution in [2.24, 2.45) is 4.99 Å². The number of aryl methyl sites for hydroxylation is 2. The smallest absolute Gasteiger partial charge is 0.243 e. The minimum absolute atomic E-state index is 0.0275. The molecule has 0 spiro atoms. The average molecular weight is 380 g/mol. The summed E-state index contributed by atoms with van der Waals surface area (Å²) < 4.78 is 0. The van der Waals surface area contributed by atoms with Crippen molar-refractivity contribution in [3.8, 4) is 0 Å². The van der Waals surface area contributed by atoms with Gasteiger partial charge in [0.2, 0.25) is 5.91 Å². The summed E-state index contributed by atoms with van der Waals surface area (Å²) in [6, 6.07) is 4.17. The summed E-state index contributed by atoms with van der Waals surface area (Å²) in [5, 5.41) is 9.66. The highest BCUT2D eigenvalue weighted by Gasteiger charge is 2.07. The van der Waals surface area contributed by atoms with Crippen LogP contribution < -0.4 is 10.6 Å². The zero-order valence-electron chi connectivity index (χ0n) is 15.1. The number of rotatable bonds is 7. The van der Waals surface area contributed by atoms with E-state index in [2.05, 4.69) is 45.0 Å². The predicted octanol–water partition coefficient (Wildman–Crippen LogP) is 2.19. The number of nitrogens with zero attached hydrogens (tertiary/aromatic N) is 3. The van der Waals surface area contributed by atoms with E-state index in [1.807, 2.05) is 6.92 Å². The Bertz CT molecular complexity index is 687. The van der Waals surface area contributed by atoms with Gasteiger partial charge in [0.25, 0.3) is 0 Å². The van der Waals surface area contributed by atoms with Crippen LogP contribution in [0.5, 0.6) is 0 Å². The number of aromatic nitrogens is 1. The van der Waals surface area contributed by atoms with Crippen molar-refractivity contribution in [3.05, 3.63) is 38.0 Å². The Hall–Kier alpha value is -1.93. The molecule has 0 aromatic carbocycles. The maximum absolute atomic E-state index is 11.8. The number of hydrogen-bond acceptors (Lipinski definition) is 5. The van der Waals surface area contributed by atoms with Gasteiger partial charge in [-0.3, -0.25) is 4.79 Å². The summed E-state index contributed by atoms with van der Waals surface area (Å²) in [7, 11) is 3.46. The number of guanidine groups is 1. The van der Waals surface area contributed by atoms with E-state index in [1.54, 1.807) is 41.7 Å². The zero-order valence-corrected chi connectivity index (χ0v) is 16.8. The molecule has 0 aliphatic heterocycles. The molecule has 0 saturated heterocycles. The van der Waals surface area contributed by atoms with Crippen molar-refractivity contribution < 1.29 is 4.79 Å². The van der Waals surface area contributed by atoms with Crippen LogP contribution in [-0.4, -0.2) is 48.9 Å². The average Bonchev–Trinajstić information content (AvgIpc) is 3.19. The lowest BCUT2D eigenvalue weighted by Crippen LogP contribution is -2.39. The number of hydrogen-bond donors (Lipinski definition) is 2. The Labute approximate surface area is 157 Å². The van der Waals surface area contributed by atoms with Gasteiger partial charge in [-0.2, -0.15) is 0 Å². The van der Waals surface area contributed by atoms with Gasteiger partial charge in [0.05, 0.1) is 12.2 Å². The third-order valence-electron chi connectivity index (χ3n) is 3.60. The molecule has 8 heteroatoms. The summed E-state index contributed by atoms with van der Waals surface area (Å²) >= 11 is 3.42. The van der Waals surface area contributed by atoms with Crippen LogP contribution in [0.25, 0.3) is 0 Å². The first-order valence-electron chi connectivity index (χ1n) is 8.13. The topological polar surface area (TPSA) is 69.6 Å². The molecule has 0 bridgehead atoms. The van der Waals surface area contributed by atoms with Crippen LogP contribution in [-0.2, 0) is 17.8 Å². The minimum atomic E-state index is -0.0275. The second kappa shape index (κ2) is 9.53. The van der Waals surface area contributed by atoms with Gasteiger partial charge in [0.15, 0.2) is 5.96 Å². The van der Waals surface area contributed by atoms with E-state index in [4.69, 9.17) is 0 Å². The van der Waals surface area contributed by atoms with Crippen LogP contribution in [0.1, 0.15) is 20.5 Å². The number of amides is 1. The van der Waals surface area contributed by atoms with Crippen LogP contribution in [0.15, 0.2) is 22.5 Å². The fourth-order valence-electron chi connectivity index (χ4n) is 2.00. The first-order chi connectivity index (χ1) is 12.0. The second-order valence-corrected chi connectivity index (χ2v) is 8.13. The molecule has 6 nitrogen and oxygen atoms in total. The maximum Gasteiger partial charge on any atom is 0.243 e. The molecule has 25 heavy (non-hydrogen) atoms. The molecule has 1 amide bonds. The van der Waals surface area contributed by atoms with E-state index >= 15 is 0 Å². The lowest BCUT2D eigenvalue weighted by atomic mass is 10.3. The number of nitrogens with one attached hydrogen (secondary N) is 2. The molecule has 2 aromatic rings. The third kappa shape index (κ3) is 6.47. The van der Waals surface area contributed by atoms with Crippen LogP contribution in [0.4, 0.5) is 0 Å². The van der Waals surface area contributed by atoms with Crippen molar-refractivity contribution in [3.63, 3.8) is 0 Å². The molecule has 2 aromatic heterocycles. The Balaban J connectivity index is 1.92. The summed E-state index contributed by atoms with van der Waals surface area (Å²) in [4.78, 5) is 24.8. The van der Waals surface area contributed by atoms with Crippen LogP contribution in [0.2, 0.25) is 0 Å². The van der Waals surface area contributed by atoms with Crippen molar-refractivity contribution in [1.29, 1.82) is 0 Å². The molecule has 136 valence electrons. The number of carbonyl (C=O) groups is 1. The van der Waals surface area contributed by atoms with Gasteiger partial charge in [-0.05, 0) is 31.7 Å². The zero-order chi connectivity index (χ0) is 18.2. The SMILES string of the molecule is Cc1nc(CNC(=NCC(=O)N(C)C)NCCc2cccs2)sc1C. The first kappa shape index (κ1) is 19.4. The van der Waals surface area contributed by atoms with Gasteiger partial charge in [0, 0.05) is 30.4 Å². The number of thiazole rings is 1. The second-order valence-electron chi connectivity index (χ2n) is 5.81. The van der Waals surface area contributed by atoms with Gasteiger partial charge in [-0.25, -0.2) is 9.98 Å². The number of aliphatic imine (C=N–C) groups is 1. The van der Waals surface area contributed by atoms with Crippen molar-refractivity contribution >= 4 is 34.5 Å².